The van der Waals surface area contributed by atoms with E-state index in [4.69, 9.17) is 0 Å². The highest BCUT2D eigenvalue weighted by Crippen LogP contribution is 2.31. The molecule has 1 aliphatic carbocycles. The van der Waals surface area contributed by atoms with Gasteiger partial charge >= 0.3 is 0 Å². The third-order valence-corrected chi connectivity index (χ3v) is 4.64. The number of nitrogens with zero attached hydrogens (tertiary/aromatic N) is 2. The average Bonchev–Trinajstić information content (AvgIpc) is 2.89. The van der Waals surface area contributed by atoms with Crippen LogP contribution in [0.5, 0.6) is 0 Å². The molecule has 2 rings (SSSR count). The third kappa shape index (κ3) is 4.46. The molecule has 0 aromatic rings. The Morgan fingerprint density at radius 1 is 1.16 bits per heavy atom. The van der Waals surface area contributed by atoms with Gasteiger partial charge in [0.05, 0.1) is 12.0 Å². The molecule has 4 heteroatoms. The van der Waals surface area contributed by atoms with E-state index in [2.05, 4.69) is 4.90 Å². The number of rotatable bonds is 5. The van der Waals surface area contributed by atoms with Crippen LogP contribution in [0.1, 0.15) is 51.4 Å². The summed E-state index contributed by atoms with van der Waals surface area (Å²) < 4.78 is 0. The summed E-state index contributed by atoms with van der Waals surface area (Å²) >= 11 is 0. The van der Waals surface area contributed by atoms with Crippen LogP contribution in [0.4, 0.5) is 0 Å². The molecule has 0 aromatic heterocycles. The molecule has 0 aromatic carbocycles. The van der Waals surface area contributed by atoms with Gasteiger partial charge in [-0.05, 0) is 38.8 Å². The fraction of sp³-hybridized carbons (Fsp3) is 0.933. The molecule has 0 atom stereocenters. The van der Waals surface area contributed by atoms with Gasteiger partial charge in [-0.3, -0.25) is 4.79 Å². The molecule has 1 aliphatic heterocycles. The molecule has 0 bridgehead atoms. The first-order valence-corrected chi connectivity index (χ1v) is 7.78. The predicted octanol–water partition coefficient (Wildman–Crippen LogP) is 1.63. The van der Waals surface area contributed by atoms with Gasteiger partial charge < -0.3 is 14.9 Å². The number of aliphatic hydroxyl groups is 1. The van der Waals surface area contributed by atoms with Gasteiger partial charge in [-0.2, -0.15) is 0 Å². The first-order valence-electron chi connectivity index (χ1n) is 7.78. The molecule has 1 saturated carbocycles. The smallest absolute Gasteiger partial charge is 0.225 e. The Labute approximate surface area is 116 Å². The van der Waals surface area contributed by atoms with Crippen LogP contribution in [0.15, 0.2) is 0 Å². The molecule has 0 unspecified atom stereocenters. The number of hydrogen-bond acceptors (Lipinski definition) is 3. The molecule has 4 nitrogen and oxygen atoms in total. The van der Waals surface area contributed by atoms with E-state index in [0.29, 0.717) is 6.42 Å². The number of likely N-dealkylation sites (N-methyl/N-ethyl adjacent to an activating group) is 1. The summed E-state index contributed by atoms with van der Waals surface area (Å²) in [7, 11) is 1.87. The lowest BCUT2D eigenvalue weighted by molar-refractivity contribution is -0.136. The van der Waals surface area contributed by atoms with Crippen molar-refractivity contribution in [3.8, 4) is 0 Å². The van der Waals surface area contributed by atoms with Crippen LogP contribution < -0.4 is 0 Å². The number of carbonyl (C=O) groups excluding carboxylic acids is 1. The van der Waals surface area contributed by atoms with Crippen molar-refractivity contribution in [3.05, 3.63) is 0 Å². The van der Waals surface area contributed by atoms with Gasteiger partial charge in [0.1, 0.15) is 0 Å². The van der Waals surface area contributed by atoms with E-state index in [1.807, 2.05) is 7.05 Å². The minimum absolute atomic E-state index is 0.101. The summed E-state index contributed by atoms with van der Waals surface area (Å²) in [5.74, 6) is 0.101. The van der Waals surface area contributed by atoms with E-state index in [1.54, 1.807) is 4.90 Å². The molecule has 0 spiro atoms. The molecule has 19 heavy (non-hydrogen) atoms. The van der Waals surface area contributed by atoms with Crippen LogP contribution >= 0.6 is 0 Å². The van der Waals surface area contributed by atoms with Gasteiger partial charge in [-0.1, -0.05) is 19.3 Å². The zero-order valence-corrected chi connectivity index (χ0v) is 12.2. The van der Waals surface area contributed by atoms with E-state index in [9.17, 15) is 9.90 Å². The van der Waals surface area contributed by atoms with Gasteiger partial charge in [-0.25, -0.2) is 0 Å². The lowest BCUT2D eigenvalue weighted by atomic mass is 9.82. The summed E-state index contributed by atoms with van der Waals surface area (Å²) in [6.07, 6.45) is 7.78. The highest BCUT2D eigenvalue weighted by Gasteiger charge is 2.32. The number of amides is 1. The number of likely N-dealkylation sites (tertiary alicyclic amines) is 1. The van der Waals surface area contributed by atoms with Crippen LogP contribution in [-0.4, -0.2) is 59.6 Å². The van der Waals surface area contributed by atoms with Crippen LogP contribution in [0.25, 0.3) is 0 Å². The second-order valence-electron chi connectivity index (χ2n) is 6.33. The first-order chi connectivity index (χ1) is 9.09. The summed E-state index contributed by atoms with van der Waals surface area (Å²) in [5, 5.41) is 10.4. The zero-order valence-electron chi connectivity index (χ0n) is 12.2. The fourth-order valence-electron chi connectivity index (χ4n) is 3.23. The SMILES string of the molecule is CN(CCN1CCCC1)C(=O)CC1(O)CCCCC1. The summed E-state index contributed by atoms with van der Waals surface area (Å²) in [6.45, 7) is 4.10. The molecule has 2 fully saturated rings. The lowest BCUT2D eigenvalue weighted by Gasteiger charge is -2.33. The van der Waals surface area contributed by atoms with Crippen LogP contribution in [0.3, 0.4) is 0 Å². The third-order valence-electron chi connectivity index (χ3n) is 4.64. The van der Waals surface area contributed by atoms with Gasteiger partial charge in [-0.15, -0.1) is 0 Å². The van der Waals surface area contributed by atoms with Crippen LogP contribution in [-0.2, 0) is 4.79 Å². The molecular weight excluding hydrogens is 240 g/mol. The van der Waals surface area contributed by atoms with Crippen molar-refractivity contribution in [2.75, 3.05) is 33.2 Å². The maximum atomic E-state index is 12.2. The van der Waals surface area contributed by atoms with Gasteiger partial charge in [0.2, 0.25) is 5.91 Å². The minimum atomic E-state index is -0.725. The standard InChI is InChI=1S/C15H28N2O2/c1-16(11-12-17-9-5-6-10-17)14(18)13-15(19)7-3-2-4-8-15/h19H,2-13H2,1H3. The average molecular weight is 268 g/mol. The molecule has 1 N–H and O–H groups in total. The Hall–Kier alpha value is -0.610. The molecule has 0 radical (unpaired) electrons. The quantitative estimate of drug-likeness (QED) is 0.824. The number of hydrogen-bond donors (Lipinski definition) is 1. The normalized spacial score (nSPS) is 23.5. The van der Waals surface area contributed by atoms with Crippen molar-refractivity contribution in [2.24, 2.45) is 0 Å². The Bertz CT molecular complexity index is 295. The molecule has 1 saturated heterocycles. The molecule has 1 amide bonds. The summed E-state index contributed by atoms with van der Waals surface area (Å²) in [4.78, 5) is 16.4. The molecular formula is C15H28N2O2. The molecule has 2 aliphatic rings. The van der Waals surface area contributed by atoms with Gasteiger partial charge in [0, 0.05) is 20.1 Å². The molecule has 110 valence electrons. The summed E-state index contributed by atoms with van der Waals surface area (Å²) in [5.41, 5.74) is -0.725. The monoisotopic (exact) mass is 268 g/mol. The largest absolute Gasteiger partial charge is 0.389 e. The zero-order chi connectivity index (χ0) is 13.7. The lowest BCUT2D eigenvalue weighted by Crippen LogP contribution is -2.41. The van der Waals surface area contributed by atoms with Crippen molar-refractivity contribution in [1.82, 2.24) is 9.80 Å². The molecule has 1 heterocycles. The van der Waals surface area contributed by atoms with E-state index >= 15 is 0 Å². The van der Waals surface area contributed by atoms with Crippen molar-refractivity contribution < 1.29 is 9.90 Å². The highest BCUT2D eigenvalue weighted by molar-refractivity contribution is 5.77. The van der Waals surface area contributed by atoms with E-state index in [0.717, 1.165) is 38.8 Å². The van der Waals surface area contributed by atoms with Crippen molar-refractivity contribution >= 4 is 5.91 Å². The Morgan fingerprint density at radius 2 is 1.79 bits per heavy atom. The van der Waals surface area contributed by atoms with Crippen molar-refractivity contribution in [2.45, 2.75) is 57.0 Å². The Kier molecular flexibility index (Phi) is 5.22. The first kappa shape index (κ1) is 14.8. The van der Waals surface area contributed by atoms with Crippen molar-refractivity contribution in [1.29, 1.82) is 0 Å². The Balaban J connectivity index is 1.71. The van der Waals surface area contributed by atoms with E-state index in [-0.39, 0.29) is 5.91 Å². The van der Waals surface area contributed by atoms with Crippen molar-refractivity contribution in [3.63, 3.8) is 0 Å². The van der Waals surface area contributed by atoms with Gasteiger partial charge in [0.25, 0.3) is 0 Å². The van der Waals surface area contributed by atoms with E-state index in [1.165, 1.54) is 32.4 Å². The fourth-order valence-corrected chi connectivity index (χ4v) is 3.23. The minimum Gasteiger partial charge on any atom is -0.389 e. The topological polar surface area (TPSA) is 43.8 Å². The summed E-state index contributed by atoms with van der Waals surface area (Å²) in [6, 6.07) is 0. The second-order valence-corrected chi connectivity index (χ2v) is 6.33. The highest BCUT2D eigenvalue weighted by atomic mass is 16.3. The predicted molar refractivity (Wildman–Crippen MR) is 76.0 cm³/mol. The second kappa shape index (κ2) is 6.71. The number of carbonyl (C=O) groups is 1. The van der Waals surface area contributed by atoms with Gasteiger partial charge in [0.15, 0.2) is 0 Å². The Morgan fingerprint density at radius 3 is 2.42 bits per heavy atom. The maximum absolute atomic E-state index is 12.2. The van der Waals surface area contributed by atoms with Crippen LogP contribution in [0, 0.1) is 0 Å². The van der Waals surface area contributed by atoms with E-state index < -0.39 is 5.60 Å². The van der Waals surface area contributed by atoms with Crippen LogP contribution in [0.2, 0.25) is 0 Å². The maximum Gasteiger partial charge on any atom is 0.225 e.